The quantitative estimate of drug-likeness (QED) is 0.888. The van der Waals surface area contributed by atoms with Gasteiger partial charge in [-0.15, -0.1) is 11.3 Å². The highest BCUT2D eigenvalue weighted by Gasteiger charge is 2.45. The van der Waals surface area contributed by atoms with Crippen LogP contribution in [-0.2, 0) is 16.1 Å². The van der Waals surface area contributed by atoms with E-state index in [1.165, 1.54) is 31.1 Å². The molecule has 2 aliphatic rings. The van der Waals surface area contributed by atoms with Crippen molar-refractivity contribution in [2.24, 2.45) is 5.92 Å². The fourth-order valence-electron chi connectivity index (χ4n) is 3.80. The highest BCUT2D eigenvalue weighted by atomic mass is 32.1. The number of nitrogens with zero attached hydrogens (tertiary/aromatic N) is 2. The number of likely N-dealkylation sites (tertiary alicyclic amines) is 1. The summed E-state index contributed by atoms with van der Waals surface area (Å²) in [6.45, 7) is 2.00. The van der Waals surface area contributed by atoms with Gasteiger partial charge in [-0.1, -0.05) is 12.8 Å². The third-order valence-electron chi connectivity index (χ3n) is 4.69. The molecule has 1 aliphatic carbocycles. The zero-order valence-corrected chi connectivity index (χ0v) is 13.4. The van der Waals surface area contributed by atoms with Crippen molar-refractivity contribution in [2.45, 2.75) is 57.7 Å². The van der Waals surface area contributed by atoms with Gasteiger partial charge in [0, 0.05) is 24.9 Å². The van der Waals surface area contributed by atoms with Crippen molar-refractivity contribution in [1.29, 1.82) is 0 Å². The summed E-state index contributed by atoms with van der Waals surface area (Å²) >= 11 is 1.38. The molecule has 0 spiro atoms. The number of fused-ring (bicyclic) bond motifs is 1. The first kappa shape index (κ1) is 15.4. The van der Waals surface area contributed by atoms with Crippen LogP contribution in [0.1, 0.15) is 44.7 Å². The molecular weight excluding hydrogens is 302 g/mol. The monoisotopic (exact) mass is 323 g/mol. The second-order valence-corrected chi connectivity index (χ2v) is 7.06. The Balaban J connectivity index is 1.74. The van der Waals surface area contributed by atoms with Gasteiger partial charge in [0.2, 0.25) is 5.91 Å². The molecule has 0 radical (unpaired) electrons. The summed E-state index contributed by atoms with van der Waals surface area (Å²) in [6.07, 6.45) is 5.36. The van der Waals surface area contributed by atoms with E-state index in [2.05, 4.69) is 15.2 Å². The maximum absolute atomic E-state index is 11.6. The Morgan fingerprint density at radius 1 is 1.45 bits per heavy atom. The number of carbonyl (C=O) groups excluding carboxylic acids is 1. The van der Waals surface area contributed by atoms with E-state index in [0.717, 1.165) is 25.0 Å². The van der Waals surface area contributed by atoms with Crippen LogP contribution in [0.15, 0.2) is 5.38 Å². The van der Waals surface area contributed by atoms with Crippen LogP contribution in [0.2, 0.25) is 0 Å². The molecule has 0 unspecified atom stereocenters. The highest BCUT2D eigenvalue weighted by molar-refractivity contribution is 7.13. The van der Waals surface area contributed by atoms with Crippen molar-refractivity contribution < 1.29 is 14.7 Å². The van der Waals surface area contributed by atoms with Gasteiger partial charge in [-0.3, -0.25) is 14.5 Å². The van der Waals surface area contributed by atoms with Crippen molar-refractivity contribution in [3.05, 3.63) is 11.1 Å². The molecule has 2 fully saturated rings. The maximum atomic E-state index is 11.6. The fourth-order valence-corrected chi connectivity index (χ4v) is 4.55. The lowest BCUT2D eigenvalue weighted by Gasteiger charge is -2.32. The molecule has 1 saturated heterocycles. The Bertz CT molecular complexity index is 574. The number of thiazole rings is 1. The minimum Gasteiger partial charge on any atom is -0.480 e. The molecule has 0 aromatic carbocycles. The van der Waals surface area contributed by atoms with Crippen molar-refractivity contribution in [1.82, 2.24) is 9.88 Å². The van der Waals surface area contributed by atoms with E-state index in [1.54, 1.807) is 0 Å². The third kappa shape index (κ3) is 3.15. The molecule has 7 heteroatoms. The van der Waals surface area contributed by atoms with E-state index < -0.39 is 12.0 Å². The standard InChI is InChI=1S/C15H21N3O3S/c1-9(19)16-15-17-11(8-22-15)7-18-12-5-3-2-4-10(12)6-13(18)14(20)21/h8,10,12-13H,2-7H2,1H3,(H,20,21)(H,16,17,19)/t10-,12-,13+/m1/s1. The van der Waals surface area contributed by atoms with Gasteiger partial charge in [0.25, 0.3) is 0 Å². The van der Waals surface area contributed by atoms with Crippen molar-refractivity contribution in [3.63, 3.8) is 0 Å². The van der Waals surface area contributed by atoms with E-state index in [-0.39, 0.29) is 5.91 Å². The number of nitrogens with one attached hydrogen (secondary N) is 1. The number of anilines is 1. The molecule has 120 valence electrons. The molecule has 1 aromatic rings. The van der Waals surface area contributed by atoms with E-state index >= 15 is 0 Å². The molecule has 0 bridgehead atoms. The average molecular weight is 323 g/mol. The highest BCUT2D eigenvalue weighted by Crippen LogP contribution is 2.40. The number of hydrogen-bond donors (Lipinski definition) is 2. The van der Waals surface area contributed by atoms with Gasteiger partial charge >= 0.3 is 5.97 Å². The molecule has 3 atom stereocenters. The van der Waals surface area contributed by atoms with Gasteiger partial charge < -0.3 is 10.4 Å². The molecule has 1 aliphatic heterocycles. The Hall–Kier alpha value is -1.47. The van der Waals surface area contributed by atoms with Gasteiger partial charge in [-0.25, -0.2) is 4.98 Å². The Kier molecular flexibility index (Phi) is 4.44. The first-order valence-corrected chi connectivity index (χ1v) is 8.63. The zero-order chi connectivity index (χ0) is 15.7. The van der Waals surface area contributed by atoms with Gasteiger partial charge in [0.1, 0.15) is 6.04 Å². The summed E-state index contributed by atoms with van der Waals surface area (Å²) < 4.78 is 0. The molecule has 22 heavy (non-hydrogen) atoms. The van der Waals surface area contributed by atoms with E-state index in [4.69, 9.17) is 0 Å². The number of aromatic nitrogens is 1. The molecule has 2 N–H and O–H groups in total. The lowest BCUT2D eigenvalue weighted by molar-refractivity contribution is -0.143. The number of carboxylic acids is 1. The Labute approximate surface area is 133 Å². The van der Waals surface area contributed by atoms with E-state index in [0.29, 0.717) is 23.6 Å². The molecular formula is C15H21N3O3S. The maximum Gasteiger partial charge on any atom is 0.320 e. The molecule has 6 nitrogen and oxygen atoms in total. The largest absolute Gasteiger partial charge is 0.480 e. The van der Waals surface area contributed by atoms with E-state index in [9.17, 15) is 14.7 Å². The number of hydrogen-bond acceptors (Lipinski definition) is 5. The van der Waals surface area contributed by atoms with Gasteiger partial charge in [-0.2, -0.15) is 0 Å². The normalized spacial score (nSPS) is 28.3. The molecule has 1 amide bonds. The minimum atomic E-state index is -0.730. The Morgan fingerprint density at radius 2 is 2.23 bits per heavy atom. The first-order chi connectivity index (χ1) is 10.5. The lowest BCUT2D eigenvalue weighted by Crippen LogP contribution is -2.41. The second-order valence-electron chi connectivity index (χ2n) is 6.20. The summed E-state index contributed by atoms with van der Waals surface area (Å²) in [5, 5.41) is 14.7. The van der Waals surface area contributed by atoms with Crippen LogP contribution in [0, 0.1) is 5.92 Å². The van der Waals surface area contributed by atoms with Gasteiger partial charge in [-0.05, 0) is 25.2 Å². The topological polar surface area (TPSA) is 82.5 Å². The van der Waals surface area contributed by atoms with Crippen molar-refractivity contribution in [3.8, 4) is 0 Å². The molecule has 1 aromatic heterocycles. The average Bonchev–Trinajstić information content (AvgIpc) is 3.04. The van der Waals surface area contributed by atoms with Crippen LogP contribution in [0.5, 0.6) is 0 Å². The lowest BCUT2D eigenvalue weighted by atomic mass is 9.85. The number of rotatable bonds is 4. The van der Waals surface area contributed by atoms with Crippen LogP contribution in [0.3, 0.4) is 0 Å². The summed E-state index contributed by atoms with van der Waals surface area (Å²) in [5.41, 5.74) is 0.839. The predicted octanol–water partition coefficient (Wildman–Crippen LogP) is 2.32. The Morgan fingerprint density at radius 3 is 2.95 bits per heavy atom. The summed E-state index contributed by atoms with van der Waals surface area (Å²) in [4.78, 5) is 29.2. The van der Waals surface area contributed by atoms with Crippen LogP contribution in [0.25, 0.3) is 0 Å². The van der Waals surface area contributed by atoms with Crippen LogP contribution in [-0.4, -0.2) is 39.0 Å². The van der Waals surface area contributed by atoms with Crippen LogP contribution >= 0.6 is 11.3 Å². The summed E-state index contributed by atoms with van der Waals surface area (Å²) in [7, 11) is 0. The van der Waals surface area contributed by atoms with Gasteiger partial charge in [0.05, 0.1) is 5.69 Å². The summed E-state index contributed by atoms with van der Waals surface area (Å²) in [6, 6.07) is -0.0419. The zero-order valence-electron chi connectivity index (χ0n) is 12.6. The van der Waals surface area contributed by atoms with Gasteiger partial charge in [0.15, 0.2) is 5.13 Å². The fraction of sp³-hybridized carbons (Fsp3) is 0.667. The first-order valence-electron chi connectivity index (χ1n) is 7.75. The number of carbonyl (C=O) groups is 2. The minimum absolute atomic E-state index is 0.141. The van der Waals surface area contributed by atoms with Crippen molar-refractivity contribution in [2.75, 3.05) is 5.32 Å². The third-order valence-corrected chi connectivity index (χ3v) is 5.49. The predicted molar refractivity (Wildman–Crippen MR) is 83.7 cm³/mol. The SMILES string of the molecule is CC(=O)Nc1nc(CN2[C@@H]3CCCC[C@@H]3C[C@H]2C(=O)O)cs1. The smallest absolute Gasteiger partial charge is 0.320 e. The number of carboxylic acid groups (broad SMARTS) is 1. The summed E-state index contributed by atoms with van der Waals surface area (Å²) in [5.74, 6) is -0.368. The van der Waals surface area contributed by atoms with Crippen LogP contribution < -0.4 is 5.32 Å². The molecule has 1 saturated carbocycles. The van der Waals surface area contributed by atoms with Crippen LogP contribution in [0.4, 0.5) is 5.13 Å². The van der Waals surface area contributed by atoms with E-state index in [1.807, 2.05) is 5.38 Å². The van der Waals surface area contributed by atoms with Crippen molar-refractivity contribution >= 4 is 28.3 Å². The molecule has 2 heterocycles. The number of aliphatic carboxylic acids is 1. The second kappa shape index (κ2) is 6.34. The molecule has 3 rings (SSSR count). The number of amides is 1.